The second-order valence-electron chi connectivity index (χ2n) is 5.76. The fraction of sp³-hybridized carbons (Fsp3) is 0.176. The third-order valence-corrected chi connectivity index (χ3v) is 5.01. The van der Waals surface area contributed by atoms with Crippen LogP contribution >= 0.6 is 11.6 Å². The van der Waals surface area contributed by atoms with Gasteiger partial charge in [-0.25, -0.2) is 13.2 Å². The molecule has 2 aromatic carbocycles. The summed E-state index contributed by atoms with van der Waals surface area (Å²) in [6, 6.07) is 8.69. The van der Waals surface area contributed by atoms with Crippen LogP contribution in [0.1, 0.15) is 17.3 Å². The molecule has 0 saturated heterocycles. The van der Waals surface area contributed by atoms with E-state index in [1.807, 2.05) is 0 Å². The van der Waals surface area contributed by atoms with E-state index in [0.29, 0.717) is 0 Å². The van der Waals surface area contributed by atoms with E-state index in [9.17, 15) is 28.1 Å². The number of halogens is 1. The summed E-state index contributed by atoms with van der Waals surface area (Å²) in [5.74, 6) is -1.67. The highest BCUT2D eigenvalue weighted by atomic mass is 35.5. The number of non-ortho nitro benzene ring substituents is 1. The molecule has 0 bridgehead atoms. The second kappa shape index (κ2) is 8.36. The number of nitrogens with one attached hydrogen (secondary N) is 1. The van der Waals surface area contributed by atoms with E-state index in [4.69, 9.17) is 16.3 Å². The van der Waals surface area contributed by atoms with Crippen molar-refractivity contribution in [2.75, 3.05) is 11.6 Å². The third kappa shape index (κ3) is 5.27. The Hall–Kier alpha value is -2.98. The summed E-state index contributed by atoms with van der Waals surface area (Å²) < 4.78 is 28.2. The number of nitrogens with zero attached hydrogens (tertiary/aromatic N) is 1. The van der Waals surface area contributed by atoms with Gasteiger partial charge in [-0.15, -0.1) is 0 Å². The van der Waals surface area contributed by atoms with Crippen LogP contribution in [0.15, 0.2) is 47.4 Å². The minimum atomic E-state index is -3.52. The average molecular weight is 427 g/mol. The van der Waals surface area contributed by atoms with Crippen molar-refractivity contribution in [1.29, 1.82) is 0 Å². The van der Waals surface area contributed by atoms with Crippen molar-refractivity contribution in [3.63, 3.8) is 0 Å². The maximum absolute atomic E-state index is 12.2. The van der Waals surface area contributed by atoms with Gasteiger partial charge in [0, 0.05) is 18.4 Å². The van der Waals surface area contributed by atoms with Gasteiger partial charge in [-0.2, -0.15) is 0 Å². The molecule has 2 aromatic rings. The normalized spacial score (nSPS) is 12.1. The van der Waals surface area contributed by atoms with Gasteiger partial charge in [-0.1, -0.05) is 17.7 Å². The Morgan fingerprint density at radius 2 is 1.89 bits per heavy atom. The van der Waals surface area contributed by atoms with E-state index in [1.54, 1.807) is 0 Å². The number of nitro benzene ring substituents is 1. The second-order valence-corrected chi connectivity index (χ2v) is 8.18. The van der Waals surface area contributed by atoms with E-state index >= 15 is 0 Å². The molecule has 148 valence electrons. The van der Waals surface area contributed by atoms with Crippen molar-refractivity contribution in [3.8, 4) is 0 Å². The molecule has 0 heterocycles. The molecule has 0 aliphatic rings. The summed E-state index contributed by atoms with van der Waals surface area (Å²) in [7, 11) is -3.52. The standard InChI is InChI=1S/C17H15ClN2O7S/c1-10(16(21)19-15-9-12(20(23)24)6-7-14(15)18)27-17(22)11-4-3-5-13(8-11)28(2,25)26/h3-10H,1-2H3,(H,19,21)/t10-/m1/s1. The Kier molecular flexibility index (Phi) is 6.37. The summed E-state index contributed by atoms with van der Waals surface area (Å²) >= 11 is 5.91. The first-order chi connectivity index (χ1) is 13.0. The quantitative estimate of drug-likeness (QED) is 0.426. The largest absolute Gasteiger partial charge is 0.449 e. The van der Waals surface area contributed by atoms with E-state index < -0.39 is 32.7 Å². The Bertz CT molecular complexity index is 1050. The van der Waals surface area contributed by atoms with Crippen molar-refractivity contribution in [3.05, 3.63) is 63.2 Å². The number of esters is 1. The van der Waals surface area contributed by atoms with E-state index in [1.165, 1.54) is 37.3 Å². The number of nitro groups is 1. The molecule has 1 atom stereocenters. The molecule has 0 aliphatic carbocycles. The number of sulfone groups is 1. The monoisotopic (exact) mass is 426 g/mol. The number of anilines is 1. The summed E-state index contributed by atoms with van der Waals surface area (Å²) in [6.07, 6.45) is -0.277. The molecule has 11 heteroatoms. The predicted octanol–water partition coefficient (Wildman–Crippen LogP) is 2.84. The minimum Gasteiger partial charge on any atom is -0.449 e. The molecule has 1 N–H and O–H groups in total. The molecule has 9 nitrogen and oxygen atoms in total. The predicted molar refractivity (Wildman–Crippen MR) is 101 cm³/mol. The van der Waals surface area contributed by atoms with Crippen molar-refractivity contribution >= 4 is 44.7 Å². The van der Waals surface area contributed by atoms with Gasteiger partial charge in [0.15, 0.2) is 15.9 Å². The van der Waals surface area contributed by atoms with Crippen LogP contribution < -0.4 is 5.32 Å². The molecular weight excluding hydrogens is 412 g/mol. The number of rotatable bonds is 6. The number of amides is 1. The molecule has 0 saturated carbocycles. The maximum Gasteiger partial charge on any atom is 0.338 e. The van der Waals surface area contributed by atoms with Crippen molar-refractivity contribution in [1.82, 2.24) is 0 Å². The Labute approximate surface area is 165 Å². The first-order valence-corrected chi connectivity index (χ1v) is 10.0. The number of benzene rings is 2. The highest BCUT2D eigenvalue weighted by Gasteiger charge is 2.21. The highest BCUT2D eigenvalue weighted by Crippen LogP contribution is 2.27. The zero-order chi connectivity index (χ0) is 21.1. The lowest BCUT2D eigenvalue weighted by Gasteiger charge is -2.14. The molecule has 0 aromatic heterocycles. The van der Waals surface area contributed by atoms with Crippen LogP contribution in [-0.2, 0) is 19.4 Å². The van der Waals surface area contributed by atoms with Crippen molar-refractivity contribution in [2.45, 2.75) is 17.9 Å². The molecule has 0 unspecified atom stereocenters. The Morgan fingerprint density at radius 1 is 1.21 bits per heavy atom. The van der Waals surface area contributed by atoms with Crippen LogP contribution in [0.2, 0.25) is 5.02 Å². The van der Waals surface area contributed by atoms with Gasteiger partial charge in [0.2, 0.25) is 0 Å². The van der Waals surface area contributed by atoms with Gasteiger partial charge in [0.05, 0.1) is 26.1 Å². The zero-order valence-corrected chi connectivity index (χ0v) is 16.3. The fourth-order valence-corrected chi connectivity index (χ4v) is 2.92. The molecule has 2 rings (SSSR count). The van der Waals surface area contributed by atoms with Gasteiger partial charge < -0.3 is 10.1 Å². The lowest BCUT2D eigenvalue weighted by Crippen LogP contribution is -2.30. The lowest BCUT2D eigenvalue weighted by atomic mass is 10.2. The number of carbonyl (C=O) groups is 2. The van der Waals surface area contributed by atoms with Crippen molar-refractivity contribution in [2.24, 2.45) is 0 Å². The van der Waals surface area contributed by atoms with Crippen LogP contribution in [0.25, 0.3) is 0 Å². The first-order valence-electron chi connectivity index (χ1n) is 7.75. The summed E-state index contributed by atoms with van der Waals surface area (Å²) in [6.45, 7) is 1.29. The zero-order valence-electron chi connectivity index (χ0n) is 14.7. The van der Waals surface area contributed by atoms with Gasteiger partial charge in [-0.3, -0.25) is 14.9 Å². The van der Waals surface area contributed by atoms with E-state index in [2.05, 4.69) is 5.32 Å². The van der Waals surface area contributed by atoms with Crippen molar-refractivity contribution < 1.29 is 27.7 Å². The number of ether oxygens (including phenoxy) is 1. The Morgan fingerprint density at radius 3 is 2.50 bits per heavy atom. The third-order valence-electron chi connectivity index (χ3n) is 3.57. The SMILES string of the molecule is C[C@@H](OC(=O)c1cccc(S(C)(=O)=O)c1)C(=O)Nc1cc([N+](=O)[O-])ccc1Cl. The van der Waals surface area contributed by atoms with Gasteiger partial charge in [0.1, 0.15) is 0 Å². The topological polar surface area (TPSA) is 133 Å². The van der Waals surface area contributed by atoms with Gasteiger partial charge in [0.25, 0.3) is 11.6 Å². The van der Waals surface area contributed by atoms with Gasteiger partial charge in [-0.05, 0) is 31.2 Å². The smallest absolute Gasteiger partial charge is 0.338 e. The first kappa shape index (κ1) is 21.3. The molecule has 0 spiro atoms. The summed E-state index contributed by atoms with van der Waals surface area (Å²) in [5, 5.41) is 13.2. The molecule has 0 aliphatic heterocycles. The lowest BCUT2D eigenvalue weighted by molar-refractivity contribution is -0.384. The minimum absolute atomic E-state index is 0.0113. The summed E-state index contributed by atoms with van der Waals surface area (Å²) in [4.78, 5) is 34.5. The van der Waals surface area contributed by atoms with Crippen LogP contribution in [0.5, 0.6) is 0 Å². The Balaban J connectivity index is 2.12. The average Bonchev–Trinajstić information content (AvgIpc) is 2.62. The van der Waals surface area contributed by atoms with Crippen LogP contribution in [0.4, 0.5) is 11.4 Å². The van der Waals surface area contributed by atoms with Crippen LogP contribution in [0.3, 0.4) is 0 Å². The molecule has 0 radical (unpaired) electrons. The molecule has 28 heavy (non-hydrogen) atoms. The van der Waals surface area contributed by atoms with Gasteiger partial charge >= 0.3 is 5.97 Å². The molecule has 1 amide bonds. The fourth-order valence-electron chi connectivity index (χ4n) is 2.09. The number of hydrogen-bond donors (Lipinski definition) is 1. The van der Waals surface area contributed by atoms with E-state index in [-0.39, 0.29) is 26.9 Å². The van der Waals surface area contributed by atoms with Crippen LogP contribution in [0, 0.1) is 10.1 Å². The highest BCUT2D eigenvalue weighted by molar-refractivity contribution is 7.90. The molecular formula is C17H15ClN2O7S. The summed E-state index contributed by atoms with van der Waals surface area (Å²) in [5.41, 5.74) is -0.333. The van der Waals surface area contributed by atoms with Crippen LogP contribution in [-0.4, -0.2) is 37.6 Å². The molecule has 0 fully saturated rings. The van der Waals surface area contributed by atoms with E-state index in [0.717, 1.165) is 18.4 Å². The maximum atomic E-state index is 12.2. The number of hydrogen-bond acceptors (Lipinski definition) is 7. The number of carbonyl (C=O) groups excluding carboxylic acids is 2.